The van der Waals surface area contributed by atoms with Crippen molar-refractivity contribution in [3.05, 3.63) is 33.6 Å². The number of morpholine rings is 1. The van der Waals surface area contributed by atoms with E-state index in [2.05, 4.69) is 0 Å². The number of nitrogens with zero attached hydrogens (tertiary/aromatic N) is 2. The largest absolute Gasteiger partial charge is 0.396 e. The number of nitro benzene ring substituents is 1. The number of hydrogen-bond donors (Lipinski definition) is 1. The first-order valence-corrected chi connectivity index (χ1v) is 6.37. The smallest absolute Gasteiger partial charge is 0.285 e. The van der Waals surface area contributed by atoms with Gasteiger partial charge < -0.3 is 15.4 Å². The van der Waals surface area contributed by atoms with Gasteiger partial charge in [0.15, 0.2) is 5.82 Å². The minimum atomic E-state index is -0.917. The third-order valence-corrected chi connectivity index (χ3v) is 3.43. The van der Waals surface area contributed by atoms with Crippen LogP contribution in [0.4, 0.5) is 15.8 Å². The highest BCUT2D eigenvalue weighted by atomic mass is 19.1. The van der Waals surface area contributed by atoms with Crippen molar-refractivity contribution in [2.45, 2.75) is 19.4 Å². The maximum atomic E-state index is 13.4. The summed E-state index contributed by atoms with van der Waals surface area (Å²) in [4.78, 5) is 24.3. The van der Waals surface area contributed by atoms with Crippen molar-refractivity contribution in [3.8, 4) is 0 Å². The van der Waals surface area contributed by atoms with Gasteiger partial charge in [0, 0.05) is 6.54 Å². The summed E-state index contributed by atoms with van der Waals surface area (Å²) in [6.07, 6.45) is 0. The van der Waals surface area contributed by atoms with E-state index in [0.717, 1.165) is 6.07 Å². The maximum Gasteiger partial charge on any atom is 0.285 e. The number of amides is 1. The maximum absolute atomic E-state index is 13.4. The molecule has 1 aliphatic rings. The molecule has 2 rings (SSSR count). The van der Waals surface area contributed by atoms with Crippen LogP contribution >= 0.6 is 0 Å². The number of ether oxygens (including phenoxy) is 1. The minimum Gasteiger partial charge on any atom is -0.396 e. The fraction of sp³-hybridized carbons (Fsp3) is 0.462. The van der Waals surface area contributed by atoms with Gasteiger partial charge in [0.25, 0.3) is 11.6 Å². The fourth-order valence-electron chi connectivity index (χ4n) is 2.28. The molecule has 0 saturated carbocycles. The van der Waals surface area contributed by atoms with Crippen molar-refractivity contribution in [1.29, 1.82) is 0 Å². The van der Waals surface area contributed by atoms with Gasteiger partial charge in [0.2, 0.25) is 0 Å². The number of carbonyl (C=O) groups excluding carboxylic acids is 1. The van der Waals surface area contributed by atoms with Crippen LogP contribution in [-0.4, -0.2) is 41.0 Å². The average Bonchev–Trinajstić information content (AvgIpc) is 2.40. The van der Waals surface area contributed by atoms with E-state index in [-0.39, 0.29) is 11.3 Å². The lowest BCUT2D eigenvalue weighted by Crippen LogP contribution is -2.55. The first kappa shape index (κ1) is 15.2. The monoisotopic (exact) mass is 297 g/mol. The molecule has 0 spiro atoms. The van der Waals surface area contributed by atoms with E-state index in [4.69, 9.17) is 10.5 Å². The number of halogens is 1. The van der Waals surface area contributed by atoms with Gasteiger partial charge in [-0.3, -0.25) is 14.9 Å². The molecule has 0 aliphatic carbocycles. The van der Waals surface area contributed by atoms with E-state index >= 15 is 0 Å². The topological polar surface area (TPSA) is 98.7 Å². The molecule has 1 aromatic rings. The summed E-state index contributed by atoms with van der Waals surface area (Å²) >= 11 is 0. The molecule has 0 atom stereocenters. The van der Waals surface area contributed by atoms with Gasteiger partial charge >= 0.3 is 0 Å². The van der Waals surface area contributed by atoms with Gasteiger partial charge in [-0.2, -0.15) is 0 Å². The highest BCUT2D eigenvalue weighted by Gasteiger charge is 2.37. The number of nitrogens with two attached hydrogens (primary N) is 1. The van der Waals surface area contributed by atoms with Crippen LogP contribution in [0.3, 0.4) is 0 Å². The van der Waals surface area contributed by atoms with E-state index in [0.29, 0.717) is 25.8 Å². The van der Waals surface area contributed by atoms with Crippen LogP contribution in [0.15, 0.2) is 12.1 Å². The van der Waals surface area contributed by atoms with Crippen LogP contribution in [0, 0.1) is 15.9 Å². The molecule has 1 aliphatic heterocycles. The normalized spacial score (nSPS) is 17.6. The van der Waals surface area contributed by atoms with Crippen LogP contribution in [-0.2, 0) is 4.74 Å². The molecule has 0 radical (unpaired) electrons. The first-order chi connectivity index (χ1) is 9.74. The third kappa shape index (κ3) is 2.80. The Hall–Kier alpha value is -2.22. The Kier molecular flexibility index (Phi) is 3.82. The quantitative estimate of drug-likeness (QED) is 0.507. The van der Waals surface area contributed by atoms with Crippen LogP contribution < -0.4 is 5.73 Å². The van der Waals surface area contributed by atoms with Crippen LogP contribution in [0.25, 0.3) is 0 Å². The number of nitro groups is 1. The summed E-state index contributed by atoms with van der Waals surface area (Å²) in [7, 11) is 0. The van der Waals surface area contributed by atoms with Gasteiger partial charge in [0.1, 0.15) is 5.56 Å². The lowest BCUT2D eigenvalue weighted by molar-refractivity contribution is -0.385. The molecule has 0 unspecified atom stereocenters. The lowest BCUT2D eigenvalue weighted by atomic mass is 10.00. The zero-order valence-electron chi connectivity index (χ0n) is 11.8. The van der Waals surface area contributed by atoms with Gasteiger partial charge in [-0.1, -0.05) is 0 Å². The van der Waals surface area contributed by atoms with Crippen molar-refractivity contribution in [2.75, 3.05) is 25.5 Å². The number of anilines is 1. The fourth-order valence-corrected chi connectivity index (χ4v) is 2.28. The SMILES string of the molecule is CC1(C)COCCN1C(=O)c1cc(N)c(F)cc1[N+](=O)[O-]. The molecular formula is C13H16FN3O4. The summed E-state index contributed by atoms with van der Waals surface area (Å²) in [5, 5.41) is 11.0. The Morgan fingerprint density at radius 3 is 2.76 bits per heavy atom. The molecule has 1 heterocycles. The third-order valence-electron chi connectivity index (χ3n) is 3.43. The first-order valence-electron chi connectivity index (χ1n) is 6.37. The van der Waals surface area contributed by atoms with E-state index in [1.165, 1.54) is 4.90 Å². The molecule has 2 N–H and O–H groups in total. The van der Waals surface area contributed by atoms with Gasteiger partial charge in [0.05, 0.1) is 35.4 Å². The molecule has 21 heavy (non-hydrogen) atoms. The summed E-state index contributed by atoms with van der Waals surface area (Å²) in [5.41, 5.74) is 3.73. The Labute approximate surface area is 120 Å². The number of nitrogen functional groups attached to an aromatic ring is 1. The Bertz CT molecular complexity index is 603. The molecular weight excluding hydrogens is 281 g/mol. The number of rotatable bonds is 2. The number of carbonyl (C=O) groups is 1. The molecule has 1 aromatic carbocycles. The second-order valence-electron chi connectivity index (χ2n) is 5.47. The molecule has 8 heteroatoms. The van der Waals surface area contributed by atoms with Gasteiger partial charge in [-0.25, -0.2) is 4.39 Å². The van der Waals surface area contributed by atoms with E-state index in [9.17, 15) is 19.3 Å². The van der Waals surface area contributed by atoms with Crippen molar-refractivity contribution < 1.29 is 18.8 Å². The second kappa shape index (κ2) is 5.28. The molecule has 7 nitrogen and oxygen atoms in total. The Morgan fingerprint density at radius 1 is 1.52 bits per heavy atom. The summed E-state index contributed by atoms with van der Waals surface area (Å²) in [6.45, 7) is 4.56. The van der Waals surface area contributed by atoms with Crippen molar-refractivity contribution in [2.24, 2.45) is 0 Å². The number of hydrogen-bond acceptors (Lipinski definition) is 5. The van der Waals surface area contributed by atoms with E-state index < -0.39 is 27.9 Å². The standard InChI is InChI=1S/C13H16FN3O4/c1-13(2)7-21-4-3-16(13)12(18)8-5-10(15)9(14)6-11(8)17(19)20/h5-6H,3-4,7,15H2,1-2H3. The molecule has 1 saturated heterocycles. The average molecular weight is 297 g/mol. The Balaban J connectivity index is 2.47. The van der Waals surface area contributed by atoms with Crippen molar-refractivity contribution in [1.82, 2.24) is 4.90 Å². The number of benzene rings is 1. The van der Waals surface area contributed by atoms with E-state index in [1.807, 2.05) is 0 Å². The van der Waals surface area contributed by atoms with E-state index in [1.54, 1.807) is 13.8 Å². The van der Waals surface area contributed by atoms with Crippen molar-refractivity contribution in [3.63, 3.8) is 0 Å². The Morgan fingerprint density at radius 2 is 2.19 bits per heavy atom. The molecule has 0 aromatic heterocycles. The predicted octanol–water partition coefficient (Wildman–Crippen LogP) is 1.57. The highest BCUT2D eigenvalue weighted by molar-refractivity contribution is 5.99. The molecule has 0 bridgehead atoms. The lowest BCUT2D eigenvalue weighted by Gasteiger charge is -2.42. The van der Waals surface area contributed by atoms with Gasteiger partial charge in [-0.15, -0.1) is 0 Å². The minimum absolute atomic E-state index is 0.214. The van der Waals surface area contributed by atoms with Gasteiger partial charge in [-0.05, 0) is 19.9 Å². The van der Waals surface area contributed by atoms with Crippen LogP contribution in [0.1, 0.15) is 24.2 Å². The summed E-state index contributed by atoms with van der Waals surface area (Å²) < 4.78 is 18.7. The molecule has 1 amide bonds. The molecule has 114 valence electrons. The highest BCUT2D eigenvalue weighted by Crippen LogP contribution is 2.29. The van der Waals surface area contributed by atoms with Crippen LogP contribution in [0.5, 0.6) is 0 Å². The summed E-state index contributed by atoms with van der Waals surface area (Å²) in [5.74, 6) is -1.47. The molecule has 1 fully saturated rings. The summed E-state index contributed by atoms with van der Waals surface area (Å²) in [6, 6.07) is 1.69. The zero-order valence-corrected chi connectivity index (χ0v) is 11.8. The zero-order chi connectivity index (χ0) is 15.8. The van der Waals surface area contributed by atoms with Crippen LogP contribution in [0.2, 0.25) is 0 Å². The van der Waals surface area contributed by atoms with Crippen molar-refractivity contribution >= 4 is 17.3 Å². The second-order valence-corrected chi connectivity index (χ2v) is 5.47. The predicted molar refractivity (Wildman–Crippen MR) is 73.4 cm³/mol.